The SMILES string of the molecule is COCCCN1C(=S)N[C@H](c2ccccn2)[C@H]1c1cccn1-c1ccccc1C. The van der Waals surface area contributed by atoms with E-state index in [0.29, 0.717) is 6.61 Å². The van der Waals surface area contributed by atoms with Crippen molar-refractivity contribution in [3.8, 4) is 5.69 Å². The van der Waals surface area contributed by atoms with Crippen LogP contribution >= 0.6 is 12.2 Å². The molecule has 0 amide bonds. The highest BCUT2D eigenvalue weighted by molar-refractivity contribution is 7.80. The summed E-state index contributed by atoms with van der Waals surface area (Å²) >= 11 is 5.74. The number of hydrogen-bond donors (Lipinski definition) is 1. The van der Waals surface area contributed by atoms with Crippen molar-refractivity contribution < 1.29 is 4.74 Å². The van der Waals surface area contributed by atoms with Crippen LogP contribution in [0.1, 0.15) is 35.5 Å². The molecule has 5 nitrogen and oxygen atoms in total. The normalized spacial score (nSPS) is 18.8. The van der Waals surface area contributed by atoms with Crippen molar-refractivity contribution in [1.29, 1.82) is 0 Å². The molecule has 3 aromatic rings. The van der Waals surface area contributed by atoms with Gasteiger partial charge in [-0.15, -0.1) is 0 Å². The predicted octanol–water partition coefficient (Wildman–Crippen LogP) is 4.19. The van der Waals surface area contributed by atoms with Gasteiger partial charge in [0.15, 0.2) is 5.11 Å². The molecule has 3 heterocycles. The van der Waals surface area contributed by atoms with E-state index < -0.39 is 0 Å². The standard InChI is InChI=1S/C23H26N4OS/c1-17-9-3-4-11-19(17)26-14-7-12-20(26)22-21(18-10-5-6-13-24-18)25-23(29)27(22)15-8-16-28-2/h3-7,9-14,21-22H,8,15-16H2,1-2H3,(H,25,29)/t21-,22-/m1/s1. The van der Waals surface area contributed by atoms with Gasteiger partial charge in [-0.2, -0.15) is 0 Å². The van der Waals surface area contributed by atoms with Gasteiger partial charge in [0.05, 0.1) is 17.8 Å². The van der Waals surface area contributed by atoms with Crippen LogP contribution in [0.4, 0.5) is 0 Å². The first-order valence-electron chi connectivity index (χ1n) is 9.91. The molecule has 1 N–H and O–H groups in total. The van der Waals surface area contributed by atoms with Gasteiger partial charge < -0.3 is 19.5 Å². The Hall–Kier alpha value is -2.70. The highest BCUT2D eigenvalue weighted by Crippen LogP contribution is 2.39. The summed E-state index contributed by atoms with van der Waals surface area (Å²) in [5.41, 5.74) is 4.60. The third-order valence-electron chi connectivity index (χ3n) is 5.40. The number of aromatic nitrogens is 2. The van der Waals surface area contributed by atoms with Crippen molar-refractivity contribution in [3.63, 3.8) is 0 Å². The minimum Gasteiger partial charge on any atom is -0.385 e. The molecule has 2 atom stereocenters. The summed E-state index contributed by atoms with van der Waals surface area (Å²) < 4.78 is 7.55. The van der Waals surface area contributed by atoms with Gasteiger partial charge in [0.25, 0.3) is 0 Å². The molecule has 0 unspecified atom stereocenters. The van der Waals surface area contributed by atoms with E-state index in [4.69, 9.17) is 17.0 Å². The molecule has 1 saturated heterocycles. The number of nitrogens with one attached hydrogen (secondary N) is 1. The molecule has 0 aliphatic carbocycles. The van der Waals surface area contributed by atoms with E-state index in [-0.39, 0.29) is 12.1 Å². The van der Waals surface area contributed by atoms with Crippen LogP contribution in [-0.2, 0) is 4.74 Å². The average molecular weight is 407 g/mol. The van der Waals surface area contributed by atoms with E-state index >= 15 is 0 Å². The van der Waals surface area contributed by atoms with Crippen LogP contribution in [0.2, 0.25) is 0 Å². The van der Waals surface area contributed by atoms with Gasteiger partial charge in [-0.25, -0.2) is 0 Å². The molecule has 29 heavy (non-hydrogen) atoms. The molecule has 0 spiro atoms. The Labute approximate surface area is 177 Å². The topological polar surface area (TPSA) is 42.3 Å². The third-order valence-corrected chi connectivity index (χ3v) is 5.76. The number of hydrogen-bond acceptors (Lipinski definition) is 3. The van der Waals surface area contributed by atoms with Crippen molar-refractivity contribution in [2.75, 3.05) is 20.3 Å². The second-order valence-electron chi connectivity index (χ2n) is 7.26. The monoisotopic (exact) mass is 406 g/mol. The number of nitrogens with zero attached hydrogens (tertiary/aromatic N) is 3. The average Bonchev–Trinajstić information content (AvgIpc) is 3.34. The number of benzene rings is 1. The Morgan fingerprint density at radius 1 is 1.10 bits per heavy atom. The van der Waals surface area contributed by atoms with Crippen molar-refractivity contribution in [2.45, 2.75) is 25.4 Å². The predicted molar refractivity (Wildman–Crippen MR) is 119 cm³/mol. The van der Waals surface area contributed by atoms with Crippen molar-refractivity contribution in [3.05, 3.63) is 83.9 Å². The first kappa shape index (κ1) is 19.6. The van der Waals surface area contributed by atoms with Gasteiger partial charge in [-0.1, -0.05) is 24.3 Å². The fourth-order valence-corrected chi connectivity index (χ4v) is 4.37. The van der Waals surface area contributed by atoms with Crippen LogP contribution in [-0.4, -0.2) is 39.8 Å². The number of methoxy groups -OCH3 is 1. The second kappa shape index (κ2) is 8.76. The zero-order valence-corrected chi connectivity index (χ0v) is 17.6. The van der Waals surface area contributed by atoms with E-state index in [9.17, 15) is 0 Å². The van der Waals surface area contributed by atoms with Crippen LogP contribution in [0.3, 0.4) is 0 Å². The minimum absolute atomic E-state index is 0.0103. The lowest BCUT2D eigenvalue weighted by molar-refractivity contribution is 0.180. The summed E-state index contributed by atoms with van der Waals surface area (Å²) in [5, 5.41) is 4.28. The van der Waals surface area contributed by atoms with Gasteiger partial charge in [0.2, 0.25) is 0 Å². The molecule has 1 aliphatic heterocycles. The maximum Gasteiger partial charge on any atom is 0.170 e. The summed E-state index contributed by atoms with van der Waals surface area (Å²) in [6.45, 7) is 3.68. The van der Waals surface area contributed by atoms with E-state index in [1.54, 1.807) is 7.11 Å². The first-order chi connectivity index (χ1) is 14.2. The minimum atomic E-state index is -0.0103. The Morgan fingerprint density at radius 2 is 1.93 bits per heavy atom. The zero-order valence-electron chi connectivity index (χ0n) is 16.8. The molecular weight excluding hydrogens is 380 g/mol. The Balaban J connectivity index is 1.77. The zero-order chi connectivity index (χ0) is 20.2. The summed E-state index contributed by atoms with van der Waals surface area (Å²) in [6.07, 6.45) is 4.88. The van der Waals surface area contributed by atoms with Gasteiger partial charge in [0.1, 0.15) is 0 Å². The number of para-hydroxylation sites is 1. The molecule has 6 heteroatoms. The number of ether oxygens (including phenoxy) is 1. The Morgan fingerprint density at radius 3 is 2.69 bits per heavy atom. The van der Waals surface area contributed by atoms with Crippen molar-refractivity contribution >= 4 is 17.3 Å². The number of aryl methyl sites for hydroxylation is 1. The van der Waals surface area contributed by atoms with E-state index in [2.05, 4.69) is 75.4 Å². The smallest absolute Gasteiger partial charge is 0.170 e. The fraction of sp³-hybridized carbons (Fsp3) is 0.304. The molecule has 0 bridgehead atoms. The number of thiocarbonyl (C=S) groups is 1. The van der Waals surface area contributed by atoms with Gasteiger partial charge >= 0.3 is 0 Å². The molecule has 1 fully saturated rings. The van der Waals surface area contributed by atoms with Crippen LogP contribution in [0.15, 0.2) is 67.0 Å². The van der Waals surface area contributed by atoms with Gasteiger partial charge in [0, 0.05) is 44.0 Å². The number of rotatable bonds is 7. The molecule has 150 valence electrons. The van der Waals surface area contributed by atoms with Crippen LogP contribution in [0.25, 0.3) is 5.69 Å². The molecular formula is C23H26N4OS. The molecule has 0 saturated carbocycles. The number of pyridine rings is 1. The molecule has 0 radical (unpaired) electrons. The summed E-state index contributed by atoms with van der Waals surface area (Å²) in [6, 6.07) is 18.8. The molecule has 2 aromatic heterocycles. The summed E-state index contributed by atoms with van der Waals surface area (Å²) in [5.74, 6) is 0. The molecule has 1 aromatic carbocycles. The molecule has 4 rings (SSSR count). The quantitative estimate of drug-likeness (QED) is 0.471. The largest absolute Gasteiger partial charge is 0.385 e. The van der Waals surface area contributed by atoms with Crippen LogP contribution < -0.4 is 5.32 Å². The second-order valence-corrected chi connectivity index (χ2v) is 7.64. The maximum atomic E-state index is 5.74. The lowest BCUT2D eigenvalue weighted by Gasteiger charge is -2.29. The maximum absolute atomic E-state index is 5.74. The van der Waals surface area contributed by atoms with Gasteiger partial charge in [-0.05, 0) is 61.5 Å². The fourth-order valence-electron chi connectivity index (χ4n) is 4.04. The lowest BCUT2D eigenvalue weighted by Crippen LogP contribution is -2.32. The summed E-state index contributed by atoms with van der Waals surface area (Å²) in [4.78, 5) is 6.90. The Bertz CT molecular complexity index is 972. The Kier molecular flexibility index (Phi) is 5.92. The lowest BCUT2D eigenvalue weighted by atomic mass is 10.0. The van der Waals surface area contributed by atoms with Crippen LogP contribution in [0, 0.1) is 6.92 Å². The van der Waals surface area contributed by atoms with E-state index in [1.807, 2.05) is 18.3 Å². The highest BCUT2D eigenvalue weighted by atomic mass is 32.1. The van der Waals surface area contributed by atoms with E-state index in [0.717, 1.165) is 23.8 Å². The molecule has 1 aliphatic rings. The van der Waals surface area contributed by atoms with Gasteiger partial charge in [-0.3, -0.25) is 4.98 Å². The van der Waals surface area contributed by atoms with Crippen LogP contribution in [0.5, 0.6) is 0 Å². The van der Waals surface area contributed by atoms with E-state index in [1.165, 1.54) is 16.9 Å². The first-order valence-corrected chi connectivity index (χ1v) is 10.3. The highest BCUT2D eigenvalue weighted by Gasteiger charge is 2.40. The van der Waals surface area contributed by atoms with Crippen molar-refractivity contribution in [1.82, 2.24) is 19.8 Å². The third kappa shape index (κ3) is 3.91. The van der Waals surface area contributed by atoms with Crippen molar-refractivity contribution in [2.24, 2.45) is 0 Å². The summed E-state index contributed by atoms with van der Waals surface area (Å²) in [7, 11) is 1.73.